The smallest absolute Gasteiger partial charge is 0.265 e. The van der Waals surface area contributed by atoms with E-state index in [1.807, 2.05) is 18.2 Å². The number of anilines is 1. The van der Waals surface area contributed by atoms with Crippen LogP contribution in [0.5, 0.6) is 0 Å². The van der Waals surface area contributed by atoms with Crippen molar-refractivity contribution in [1.29, 1.82) is 0 Å². The average Bonchev–Trinajstić information content (AvgIpc) is 3.14. The van der Waals surface area contributed by atoms with Gasteiger partial charge in [-0.1, -0.05) is 24.3 Å². The number of amides is 1. The number of nitrogens with zero attached hydrogens (tertiary/aromatic N) is 2. The minimum Gasteiger partial charge on any atom is -0.337 e. The lowest BCUT2D eigenvalue weighted by Gasteiger charge is -2.26. The van der Waals surface area contributed by atoms with Crippen LogP contribution in [0.2, 0.25) is 0 Å². The molecule has 2 aromatic rings. The van der Waals surface area contributed by atoms with Crippen molar-refractivity contribution in [2.24, 2.45) is 5.73 Å². The monoisotopic (exact) mass is 345 g/mol. The van der Waals surface area contributed by atoms with E-state index in [0.29, 0.717) is 24.2 Å². The Hall–Kier alpha value is -2.12. The number of benzene rings is 2. The van der Waals surface area contributed by atoms with E-state index in [4.69, 9.17) is 5.73 Å². The first-order valence-corrected chi connectivity index (χ1v) is 9.52. The van der Waals surface area contributed by atoms with Gasteiger partial charge >= 0.3 is 0 Å². The fourth-order valence-electron chi connectivity index (χ4n) is 3.75. The normalized spacial score (nSPS) is 21.6. The van der Waals surface area contributed by atoms with E-state index in [9.17, 15) is 13.2 Å². The molecule has 24 heavy (non-hydrogen) atoms. The Morgan fingerprint density at radius 2 is 1.96 bits per heavy atom. The molecule has 0 spiro atoms. The lowest BCUT2D eigenvalue weighted by Crippen LogP contribution is -2.46. The number of likely N-dealkylation sites (tertiary alicyclic amines) is 1. The van der Waals surface area contributed by atoms with E-state index in [2.05, 4.69) is 0 Å². The molecule has 6 nitrogen and oxygen atoms in total. The molecular weight excluding hydrogens is 326 g/mol. The molecule has 0 radical (unpaired) electrons. The molecule has 2 aromatic carbocycles. The van der Waals surface area contributed by atoms with Gasteiger partial charge < -0.3 is 10.6 Å². The molecule has 1 fully saturated rings. The Labute approximate surface area is 140 Å². The van der Waals surface area contributed by atoms with Crippen molar-refractivity contribution in [2.45, 2.75) is 23.8 Å². The first-order valence-electron chi connectivity index (χ1n) is 8.08. The molecule has 126 valence electrons. The van der Waals surface area contributed by atoms with E-state index < -0.39 is 10.0 Å². The van der Waals surface area contributed by atoms with Crippen LogP contribution in [0.25, 0.3) is 10.8 Å². The van der Waals surface area contributed by atoms with Crippen LogP contribution < -0.4 is 10.0 Å². The Morgan fingerprint density at radius 1 is 1.21 bits per heavy atom. The van der Waals surface area contributed by atoms with Gasteiger partial charge in [0.05, 0.1) is 10.6 Å². The number of nitrogens with two attached hydrogens (primary N) is 1. The summed E-state index contributed by atoms with van der Waals surface area (Å²) in [6.45, 7) is 0.882. The molecular formula is C17H19N3O3S. The molecule has 1 amide bonds. The van der Waals surface area contributed by atoms with Crippen LogP contribution in [0.15, 0.2) is 41.3 Å². The maximum absolute atomic E-state index is 12.9. The third-order valence-electron chi connectivity index (χ3n) is 4.93. The van der Waals surface area contributed by atoms with E-state index in [1.165, 1.54) is 4.31 Å². The summed E-state index contributed by atoms with van der Waals surface area (Å²) in [4.78, 5) is 14.7. The van der Waals surface area contributed by atoms with Crippen LogP contribution in [-0.4, -0.2) is 44.9 Å². The highest BCUT2D eigenvalue weighted by Gasteiger charge is 2.38. The van der Waals surface area contributed by atoms with Crippen molar-refractivity contribution in [3.63, 3.8) is 0 Å². The van der Waals surface area contributed by atoms with E-state index in [0.717, 1.165) is 18.2 Å². The van der Waals surface area contributed by atoms with Crippen molar-refractivity contribution in [1.82, 2.24) is 4.90 Å². The second-order valence-corrected chi connectivity index (χ2v) is 8.09. The number of hydrogen-bond acceptors (Lipinski definition) is 4. The standard InChI is InChI=1S/C17H19N3O3S/c18-10-13-6-3-9-19(13)16(21)11-20-14-7-1-4-12-5-2-8-15(17(12)14)24(20,22)23/h1-2,4-5,7-8,13H,3,6,9-11,18H2. The van der Waals surface area contributed by atoms with Gasteiger partial charge in [-0.15, -0.1) is 0 Å². The highest BCUT2D eigenvalue weighted by Crippen LogP contribution is 2.41. The van der Waals surface area contributed by atoms with Gasteiger partial charge in [0.25, 0.3) is 10.0 Å². The number of carbonyl (C=O) groups excluding carboxylic acids is 1. The van der Waals surface area contributed by atoms with Crippen molar-refractivity contribution in [2.75, 3.05) is 23.9 Å². The zero-order chi connectivity index (χ0) is 16.9. The van der Waals surface area contributed by atoms with Gasteiger partial charge in [-0.25, -0.2) is 8.42 Å². The topological polar surface area (TPSA) is 83.7 Å². The van der Waals surface area contributed by atoms with Gasteiger partial charge in [-0.05, 0) is 30.4 Å². The molecule has 4 rings (SSSR count). The van der Waals surface area contributed by atoms with E-state index in [1.54, 1.807) is 23.1 Å². The maximum atomic E-state index is 12.9. The predicted octanol–water partition coefficient (Wildman–Crippen LogP) is 1.30. The minimum atomic E-state index is -3.69. The Morgan fingerprint density at radius 3 is 2.71 bits per heavy atom. The number of hydrogen-bond donors (Lipinski definition) is 1. The molecule has 0 aromatic heterocycles. The Kier molecular flexibility index (Phi) is 3.51. The SMILES string of the molecule is NCC1CCCN1C(=O)CN1c2cccc3cccc(c23)S1(=O)=O. The molecule has 2 N–H and O–H groups in total. The summed E-state index contributed by atoms with van der Waals surface area (Å²) in [6.07, 6.45) is 1.79. The summed E-state index contributed by atoms with van der Waals surface area (Å²) in [5, 5.41) is 1.56. The van der Waals surface area contributed by atoms with Gasteiger partial charge in [0.15, 0.2) is 0 Å². The van der Waals surface area contributed by atoms with Crippen LogP contribution in [-0.2, 0) is 14.8 Å². The first-order chi connectivity index (χ1) is 11.5. The number of carbonyl (C=O) groups is 1. The fraction of sp³-hybridized carbons (Fsp3) is 0.353. The molecule has 2 aliphatic heterocycles. The third kappa shape index (κ3) is 2.12. The second-order valence-electron chi connectivity index (χ2n) is 6.26. The van der Waals surface area contributed by atoms with Crippen LogP contribution in [0.1, 0.15) is 12.8 Å². The van der Waals surface area contributed by atoms with Crippen LogP contribution >= 0.6 is 0 Å². The van der Waals surface area contributed by atoms with E-state index in [-0.39, 0.29) is 23.4 Å². The molecule has 0 bridgehead atoms. The summed E-state index contributed by atoms with van der Waals surface area (Å²) in [5.74, 6) is -0.184. The van der Waals surface area contributed by atoms with Crippen molar-refractivity contribution >= 4 is 32.4 Å². The molecule has 2 aliphatic rings. The lowest BCUT2D eigenvalue weighted by molar-refractivity contribution is -0.130. The largest absolute Gasteiger partial charge is 0.337 e. The molecule has 7 heteroatoms. The minimum absolute atomic E-state index is 0.0148. The van der Waals surface area contributed by atoms with Gasteiger partial charge in [0.1, 0.15) is 6.54 Å². The van der Waals surface area contributed by atoms with Gasteiger partial charge in [0.2, 0.25) is 5.91 Å². The summed E-state index contributed by atoms with van der Waals surface area (Å²) >= 11 is 0. The lowest BCUT2D eigenvalue weighted by atomic mass is 10.1. The summed E-state index contributed by atoms with van der Waals surface area (Å²) in [5.41, 5.74) is 6.31. The number of sulfonamides is 1. The van der Waals surface area contributed by atoms with Gasteiger partial charge in [0, 0.05) is 24.5 Å². The molecule has 1 saturated heterocycles. The summed E-state index contributed by atoms with van der Waals surface area (Å²) in [6, 6.07) is 10.7. The Bertz CT molecular complexity index is 921. The van der Waals surface area contributed by atoms with Gasteiger partial charge in [-0.2, -0.15) is 0 Å². The summed E-state index contributed by atoms with van der Waals surface area (Å²) in [7, 11) is -3.69. The van der Waals surface area contributed by atoms with Crippen molar-refractivity contribution in [3.8, 4) is 0 Å². The maximum Gasteiger partial charge on any atom is 0.265 e. The fourth-order valence-corrected chi connectivity index (χ4v) is 5.41. The van der Waals surface area contributed by atoms with Crippen molar-refractivity contribution < 1.29 is 13.2 Å². The molecule has 1 atom stereocenters. The van der Waals surface area contributed by atoms with Crippen LogP contribution in [0, 0.1) is 0 Å². The quantitative estimate of drug-likeness (QED) is 0.909. The predicted molar refractivity (Wildman–Crippen MR) is 92.3 cm³/mol. The zero-order valence-corrected chi connectivity index (χ0v) is 14.0. The van der Waals surface area contributed by atoms with Crippen LogP contribution in [0.3, 0.4) is 0 Å². The highest BCUT2D eigenvalue weighted by atomic mass is 32.2. The third-order valence-corrected chi connectivity index (χ3v) is 6.73. The average molecular weight is 345 g/mol. The highest BCUT2D eigenvalue weighted by molar-refractivity contribution is 7.93. The van der Waals surface area contributed by atoms with E-state index >= 15 is 0 Å². The number of rotatable bonds is 3. The first kappa shape index (κ1) is 15.4. The molecule has 0 saturated carbocycles. The van der Waals surface area contributed by atoms with Gasteiger partial charge in [-0.3, -0.25) is 9.10 Å². The Balaban J connectivity index is 1.72. The summed E-state index contributed by atoms with van der Waals surface area (Å²) < 4.78 is 27.0. The van der Waals surface area contributed by atoms with Crippen molar-refractivity contribution in [3.05, 3.63) is 36.4 Å². The zero-order valence-electron chi connectivity index (χ0n) is 13.2. The second kappa shape index (κ2) is 5.46. The molecule has 1 unspecified atom stereocenters. The molecule has 2 heterocycles. The van der Waals surface area contributed by atoms with Crippen LogP contribution in [0.4, 0.5) is 5.69 Å². The molecule has 0 aliphatic carbocycles.